The Bertz CT molecular complexity index is 2130. The van der Waals surface area contributed by atoms with E-state index in [9.17, 15) is 0 Å². The molecule has 0 spiro atoms. The Kier molecular flexibility index (Phi) is 4.76. The molecule has 38 heavy (non-hydrogen) atoms. The Morgan fingerprint density at radius 2 is 1.03 bits per heavy atom. The van der Waals surface area contributed by atoms with Gasteiger partial charge in [-0.15, -0.1) is 11.3 Å². The van der Waals surface area contributed by atoms with Crippen LogP contribution in [0, 0.1) is 0 Å². The molecule has 0 saturated heterocycles. The van der Waals surface area contributed by atoms with Crippen molar-refractivity contribution in [2.45, 2.75) is 0 Å². The third-order valence-corrected chi connectivity index (χ3v) is 8.81. The van der Waals surface area contributed by atoms with Gasteiger partial charge in [0.05, 0.1) is 21.4 Å². The summed E-state index contributed by atoms with van der Waals surface area (Å²) in [6.07, 6.45) is 0. The number of hydrogen-bond acceptors (Lipinski definition) is 1. The minimum absolute atomic E-state index is 1.23. The topological polar surface area (TPSA) is 4.93 Å². The largest absolute Gasteiger partial charge is 0.308 e. The van der Waals surface area contributed by atoms with Crippen molar-refractivity contribution in [1.29, 1.82) is 0 Å². The normalized spacial score (nSPS) is 11.7. The monoisotopic (exact) mass is 501 g/mol. The zero-order valence-corrected chi connectivity index (χ0v) is 21.5. The first kappa shape index (κ1) is 21.4. The molecular weight excluding hydrogens is 478 g/mol. The Hall–Kier alpha value is -4.66. The molecule has 0 amide bonds. The Labute approximate surface area is 224 Å². The van der Waals surface area contributed by atoms with E-state index in [4.69, 9.17) is 0 Å². The summed E-state index contributed by atoms with van der Waals surface area (Å²) in [6.45, 7) is 0. The SMILES string of the molecule is c1ccc(-c2cccc(-c3ccc4c(c3)c3ccccc3n4-c3cccc4c3sc3ccccc34)c2)cc1. The van der Waals surface area contributed by atoms with Gasteiger partial charge in [0.2, 0.25) is 0 Å². The lowest BCUT2D eigenvalue weighted by Crippen LogP contribution is -1.93. The number of para-hydroxylation sites is 1. The van der Waals surface area contributed by atoms with Gasteiger partial charge in [0.1, 0.15) is 0 Å². The summed E-state index contributed by atoms with van der Waals surface area (Å²) < 4.78 is 5.11. The quantitative estimate of drug-likeness (QED) is 0.227. The number of aromatic nitrogens is 1. The van der Waals surface area contributed by atoms with E-state index >= 15 is 0 Å². The van der Waals surface area contributed by atoms with E-state index in [0.717, 1.165) is 0 Å². The zero-order chi connectivity index (χ0) is 25.1. The highest BCUT2D eigenvalue weighted by Crippen LogP contribution is 2.41. The van der Waals surface area contributed by atoms with Crippen molar-refractivity contribution in [3.63, 3.8) is 0 Å². The second-order valence-electron chi connectivity index (χ2n) is 9.78. The predicted octanol–water partition coefficient (Wildman–Crippen LogP) is 10.5. The molecule has 0 radical (unpaired) electrons. The smallest absolute Gasteiger partial charge is 0.0640 e. The fourth-order valence-corrected chi connectivity index (χ4v) is 7.04. The standard InChI is InChI=1S/C36H23NS/c1-2-10-24(11-3-1)25-12-8-13-26(22-25)27-20-21-33-31(23-27)28-14-4-6-17-32(28)37(33)34-18-9-16-30-29-15-5-7-19-35(29)38-36(30)34/h1-23H. The summed E-state index contributed by atoms with van der Waals surface area (Å²) >= 11 is 1.88. The van der Waals surface area contributed by atoms with E-state index in [1.807, 2.05) is 11.3 Å². The molecule has 0 N–H and O–H groups in total. The third-order valence-electron chi connectivity index (χ3n) is 7.60. The minimum atomic E-state index is 1.23. The predicted molar refractivity (Wildman–Crippen MR) is 165 cm³/mol. The maximum Gasteiger partial charge on any atom is 0.0640 e. The maximum atomic E-state index is 2.45. The molecule has 0 aliphatic carbocycles. The highest BCUT2D eigenvalue weighted by atomic mass is 32.1. The van der Waals surface area contributed by atoms with Crippen molar-refractivity contribution in [1.82, 2.24) is 4.57 Å². The van der Waals surface area contributed by atoms with Crippen LogP contribution >= 0.6 is 11.3 Å². The number of nitrogens with zero attached hydrogens (tertiary/aromatic N) is 1. The molecule has 0 saturated carbocycles. The van der Waals surface area contributed by atoms with Crippen LogP contribution in [0.1, 0.15) is 0 Å². The molecule has 2 heteroatoms. The van der Waals surface area contributed by atoms with Crippen molar-refractivity contribution in [2.24, 2.45) is 0 Å². The van der Waals surface area contributed by atoms with Crippen LogP contribution in [0.3, 0.4) is 0 Å². The summed E-state index contributed by atoms with van der Waals surface area (Å²) in [4.78, 5) is 0. The summed E-state index contributed by atoms with van der Waals surface area (Å²) in [5.41, 5.74) is 8.66. The molecule has 6 aromatic carbocycles. The molecule has 178 valence electrons. The van der Waals surface area contributed by atoms with Crippen LogP contribution in [0.25, 0.3) is 69.9 Å². The van der Waals surface area contributed by atoms with Crippen LogP contribution in [-0.2, 0) is 0 Å². The molecule has 8 rings (SSSR count). The van der Waals surface area contributed by atoms with E-state index in [1.165, 1.54) is 69.9 Å². The fraction of sp³-hybridized carbons (Fsp3) is 0. The first-order chi connectivity index (χ1) is 18.8. The Morgan fingerprint density at radius 1 is 0.395 bits per heavy atom. The lowest BCUT2D eigenvalue weighted by Gasteiger charge is -2.10. The van der Waals surface area contributed by atoms with Crippen molar-refractivity contribution in [3.05, 3.63) is 140 Å². The van der Waals surface area contributed by atoms with Gasteiger partial charge in [-0.25, -0.2) is 0 Å². The van der Waals surface area contributed by atoms with Crippen molar-refractivity contribution in [3.8, 4) is 27.9 Å². The fourth-order valence-electron chi connectivity index (χ4n) is 5.83. The lowest BCUT2D eigenvalue weighted by atomic mass is 9.98. The Morgan fingerprint density at radius 3 is 1.92 bits per heavy atom. The van der Waals surface area contributed by atoms with Gasteiger partial charge in [0.15, 0.2) is 0 Å². The summed E-state index contributed by atoms with van der Waals surface area (Å²) in [5.74, 6) is 0. The minimum Gasteiger partial charge on any atom is -0.308 e. The van der Waals surface area contributed by atoms with Gasteiger partial charge < -0.3 is 4.57 Å². The molecule has 8 aromatic rings. The summed E-state index contributed by atoms with van der Waals surface area (Å²) in [7, 11) is 0. The molecule has 0 unspecified atom stereocenters. The van der Waals surface area contributed by atoms with Gasteiger partial charge in [-0.1, -0.05) is 103 Å². The van der Waals surface area contributed by atoms with Crippen LogP contribution < -0.4 is 0 Å². The molecule has 2 heterocycles. The summed E-state index contributed by atoms with van der Waals surface area (Å²) in [5, 5.41) is 5.21. The van der Waals surface area contributed by atoms with Gasteiger partial charge in [0, 0.05) is 26.2 Å². The highest BCUT2D eigenvalue weighted by molar-refractivity contribution is 7.26. The molecule has 0 aliphatic heterocycles. The van der Waals surface area contributed by atoms with Crippen LogP contribution in [0.15, 0.2) is 140 Å². The number of thiophene rings is 1. The van der Waals surface area contributed by atoms with E-state index in [-0.39, 0.29) is 0 Å². The molecule has 0 aliphatic rings. The highest BCUT2D eigenvalue weighted by Gasteiger charge is 2.17. The maximum absolute atomic E-state index is 2.45. The van der Waals surface area contributed by atoms with Crippen molar-refractivity contribution < 1.29 is 0 Å². The number of rotatable bonds is 3. The van der Waals surface area contributed by atoms with Crippen LogP contribution in [0.4, 0.5) is 0 Å². The van der Waals surface area contributed by atoms with Crippen molar-refractivity contribution in [2.75, 3.05) is 0 Å². The van der Waals surface area contributed by atoms with Crippen LogP contribution in [-0.4, -0.2) is 4.57 Å². The Balaban J connectivity index is 1.37. The summed E-state index contributed by atoms with van der Waals surface area (Å²) in [6, 6.07) is 50.6. The lowest BCUT2D eigenvalue weighted by molar-refractivity contribution is 1.20. The van der Waals surface area contributed by atoms with Gasteiger partial charge in [-0.2, -0.15) is 0 Å². The molecule has 0 fully saturated rings. The third kappa shape index (κ3) is 3.24. The van der Waals surface area contributed by atoms with E-state index in [0.29, 0.717) is 0 Å². The first-order valence-corrected chi connectivity index (χ1v) is 13.8. The average molecular weight is 502 g/mol. The van der Waals surface area contributed by atoms with Gasteiger partial charge in [-0.05, 0) is 58.7 Å². The first-order valence-electron chi connectivity index (χ1n) is 12.9. The molecule has 0 atom stereocenters. The molecule has 1 nitrogen and oxygen atoms in total. The van der Waals surface area contributed by atoms with E-state index in [1.54, 1.807) is 0 Å². The van der Waals surface area contributed by atoms with Crippen LogP contribution in [0.2, 0.25) is 0 Å². The van der Waals surface area contributed by atoms with E-state index < -0.39 is 0 Å². The second-order valence-corrected chi connectivity index (χ2v) is 10.8. The van der Waals surface area contributed by atoms with Gasteiger partial charge >= 0.3 is 0 Å². The van der Waals surface area contributed by atoms with Gasteiger partial charge in [0.25, 0.3) is 0 Å². The van der Waals surface area contributed by atoms with E-state index in [2.05, 4.69) is 144 Å². The van der Waals surface area contributed by atoms with Gasteiger partial charge in [-0.3, -0.25) is 0 Å². The molecular formula is C36H23NS. The molecule has 0 bridgehead atoms. The second kappa shape index (κ2) is 8.44. The average Bonchev–Trinajstić information content (AvgIpc) is 3.53. The molecule has 2 aromatic heterocycles. The number of benzene rings is 6. The zero-order valence-electron chi connectivity index (χ0n) is 20.6. The van der Waals surface area contributed by atoms with Crippen molar-refractivity contribution >= 4 is 53.3 Å². The van der Waals surface area contributed by atoms with Crippen LogP contribution in [0.5, 0.6) is 0 Å². The number of fused-ring (bicyclic) bond motifs is 6. The number of hydrogen-bond donors (Lipinski definition) is 0.